The first kappa shape index (κ1) is 16.5. The van der Waals surface area contributed by atoms with Gasteiger partial charge in [-0.25, -0.2) is 0 Å². The quantitative estimate of drug-likeness (QED) is 0.765. The van der Waals surface area contributed by atoms with Crippen molar-refractivity contribution in [2.24, 2.45) is 11.8 Å². The fourth-order valence-corrected chi connectivity index (χ4v) is 1.98. The molecule has 0 aromatic heterocycles. The van der Waals surface area contributed by atoms with Crippen LogP contribution in [0.5, 0.6) is 5.75 Å². The van der Waals surface area contributed by atoms with Gasteiger partial charge < -0.3 is 15.2 Å². The molecule has 1 aromatic carbocycles. The van der Waals surface area contributed by atoms with Gasteiger partial charge in [0, 0.05) is 19.1 Å². The minimum Gasteiger partial charge on any atom is -0.497 e. The molecule has 2 unspecified atom stereocenters. The summed E-state index contributed by atoms with van der Waals surface area (Å²) < 4.78 is 5.11. The summed E-state index contributed by atoms with van der Waals surface area (Å²) >= 11 is 0. The summed E-state index contributed by atoms with van der Waals surface area (Å²) in [6.07, 6.45) is 1.43. The van der Waals surface area contributed by atoms with Gasteiger partial charge >= 0.3 is 0 Å². The first-order chi connectivity index (χ1) is 9.56. The standard InChI is InChI=1S/C16H25NO3/c1-12(8-9-18)11-17-16(19)13(2)10-14-4-6-15(20-3)7-5-14/h4-7,12-13,18H,8-11H2,1-3H3,(H,17,19). The van der Waals surface area contributed by atoms with Gasteiger partial charge in [0.2, 0.25) is 5.91 Å². The maximum atomic E-state index is 12.0. The number of carbonyl (C=O) groups excluding carboxylic acids is 1. The van der Waals surface area contributed by atoms with Gasteiger partial charge in [0.1, 0.15) is 5.75 Å². The van der Waals surface area contributed by atoms with Crippen molar-refractivity contribution in [2.75, 3.05) is 20.3 Å². The molecule has 0 fully saturated rings. The normalized spacial score (nSPS) is 13.6. The van der Waals surface area contributed by atoms with E-state index in [0.717, 1.165) is 11.3 Å². The van der Waals surface area contributed by atoms with Crippen LogP contribution in [-0.2, 0) is 11.2 Å². The van der Waals surface area contributed by atoms with Crippen molar-refractivity contribution < 1.29 is 14.6 Å². The van der Waals surface area contributed by atoms with E-state index in [4.69, 9.17) is 9.84 Å². The predicted molar refractivity (Wildman–Crippen MR) is 79.7 cm³/mol. The van der Waals surface area contributed by atoms with Crippen LogP contribution >= 0.6 is 0 Å². The zero-order valence-corrected chi connectivity index (χ0v) is 12.6. The molecule has 0 aliphatic rings. The van der Waals surface area contributed by atoms with Crippen LogP contribution in [0, 0.1) is 11.8 Å². The molecular weight excluding hydrogens is 254 g/mol. The van der Waals surface area contributed by atoms with Crippen molar-refractivity contribution >= 4 is 5.91 Å². The number of amides is 1. The number of hydrogen-bond acceptors (Lipinski definition) is 3. The van der Waals surface area contributed by atoms with E-state index in [1.54, 1.807) is 7.11 Å². The molecular formula is C16H25NO3. The summed E-state index contributed by atoms with van der Waals surface area (Å²) in [6.45, 7) is 4.73. The highest BCUT2D eigenvalue weighted by Crippen LogP contribution is 2.14. The maximum absolute atomic E-state index is 12.0. The van der Waals surface area contributed by atoms with Crippen LogP contribution in [0.1, 0.15) is 25.8 Å². The summed E-state index contributed by atoms with van der Waals surface area (Å²) in [5.74, 6) is 1.12. The van der Waals surface area contributed by atoms with E-state index in [-0.39, 0.29) is 18.4 Å². The Morgan fingerprint density at radius 3 is 2.50 bits per heavy atom. The Labute approximate surface area is 121 Å². The average Bonchev–Trinajstić information content (AvgIpc) is 2.45. The van der Waals surface area contributed by atoms with E-state index in [1.807, 2.05) is 38.1 Å². The van der Waals surface area contributed by atoms with Gasteiger partial charge in [-0.05, 0) is 36.5 Å². The van der Waals surface area contributed by atoms with Gasteiger partial charge in [0.05, 0.1) is 7.11 Å². The highest BCUT2D eigenvalue weighted by Gasteiger charge is 2.14. The molecule has 20 heavy (non-hydrogen) atoms. The number of rotatable bonds is 8. The number of hydrogen-bond donors (Lipinski definition) is 2. The Kier molecular flexibility index (Phi) is 7.09. The van der Waals surface area contributed by atoms with Crippen molar-refractivity contribution in [2.45, 2.75) is 26.7 Å². The van der Waals surface area contributed by atoms with Crippen LogP contribution in [0.4, 0.5) is 0 Å². The first-order valence-electron chi connectivity index (χ1n) is 7.08. The molecule has 0 aliphatic carbocycles. The van der Waals surface area contributed by atoms with Crippen molar-refractivity contribution in [3.05, 3.63) is 29.8 Å². The van der Waals surface area contributed by atoms with Gasteiger partial charge in [-0.3, -0.25) is 4.79 Å². The number of ether oxygens (including phenoxy) is 1. The van der Waals surface area contributed by atoms with Crippen LogP contribution < -0.4 is 10.1 Å². The Morgan fingerprint density at radius 2 is 1.95 bits per heavy atom. The zero-order chi connectivity index (χ0) is 15.0. The lowest BCUT2D eigenvalue weighted by Crippen LogP contribution is -2.33. The lowest BCUT2D eigenvalue weighted by molar-refractivity contribution is -0.124. The lowest BCUT2D eigenvalue weighted by atomic mass is 10.00. The average molecular weight is 279 g/mol. The highest BCUT2D eigenvalue weighted by atomic mass is 16.5. The number of aliphatic hydroxyl groups is 1. The smallest absolute Gasteiger partial charge is 0.223 e. The van der Waals surface area contributed by atoms with E-state index in [0.29, 0.717) is 25.3 Å². The van der Waals surface area contributed by atoms with Gasteiger partial charge in [-0.2, -0.15) is 0 Å². The van der Waals surface area contributed by atoms with E-state index < -0.39 is 0 Å². The molecule has 0 spiro atoms. The minimum atomic E-state index is -0.0651. The van der Waals surface area contributed by atoms with Crippen molar-refractivity contribution in [1.82, 2.24) is 5.32 Å². The summed E-state index contributed by atoms with van der Waals surface area (Å²) in [6, 6.07) is 7.78. The summed E-state index contributed by atoms with van der Waals surface area (Å²) in [5, 5.41) is 11.8. The summed E-state index contributed by atoms with van der Waals surface area (Å²) in [7, 11) is 1.64. The van der Waals surface area contributed by atoms with Crippen LogP contribution in [0.25, 0.3) is 0 Å². The first-order valence-corrected chi connectivity index (χ1v) is 7.08. The molecule has 1 amide bonds. The summed E-state index contributed by atoms with van der Waals surface area (Å²) in [4.78, 5) is 12.0. The van der Waals surface area contributed by atoms with Gasteiger partial charge in [-0.1, -0.05) is 26.0 Å². The molecule has 0 radical (unpaired) electrons. The second-order valence-corrected chi connectivity index (χ2v) is 5.32. The molecule has 2 atom stereocenters. The van der Waals surface area contributed by atoms with E-state index in [2.05, 4.69) is 5.32 Å². The van der Waals surface area contributed by atoms with Crippen LogP contribution in [-0.4, -0.2) is 31.3 Å². The molecule has 0 heterocycles. The molecule has 2 N–H and O–H groups in total. The molecule has 0 saturated heterocycles. The van der Waals surface area contributed by atoms with Crippen molar-refractivity contribution in [3.8, 4) is 5.75 Å². The Morgan fingerprint density at radius 1 is 1.30 bits per heavy atom. The van der Waals surface area contributed by atoms with Gasteiger partial charge in [0.15, 0.2) is 0 Å². The Bertz CT molecular complexity index is 403. The van der Waals surface area contributed by atoms with Crippen LogP contribution in [0.3, 0.4) is 0 Å². The predicted octanol–water partition coefficient (Wildman–Crippen LogP) is 2.01. The fraction of sp³-hybridized carbons (Fsp3) is 0.562. The third-order valence-electron chi connectivity index (χ3n) is 3.40. The largest absolute Gasteiger partial charge is 0.497 e. The van der Waals surface area contributed by atoms with Crippen molar-refractivity contribution in [1.29, 1.82) is 0 Å². The Hall–Kier alpha value is -1.55. The molecule has 1 rings (SSSR count). The van der Waals surface area contributed by atoms with E-state index in [1.165, 1.54) is 0 Å². The number of carbonyl (C=O) groups is 1. The topological polar surface area (TPSA) is 58.6 Å². The fourth-order valence-electron chi connectivity index (χ4n) is 1.98. The molecule has 4 nitrogen and oxygen atoms in total. The number of nitrogens with one attached hydrogen (secondary N) is 1. The van der Waals surface area contributed by atoms with Crippen LogP contribution in [0.15, 0.2) is 24.3 Å². The van der Waals surface area contributed by atoms with E-state index in [9.17, 15) is 4.79 Å². The third kappa shape index (κ3) is 5.61. The molecule has 0 bridgehead atoms. The minimum absolute atomic E-state index is 0.0607. The molecule has 0 aliphatic heterocycles. The zero-order valence-electron chi connectivity index (χ0n) is 12.6. The summed E-state index contributed by atoms with van der Waals surface area (Å²) in [5.41, 5.74) is 1.12. The van der Waals surface area contributed by atoms with Crippen LogP contribution in [0.2, 0.25) is 0 Å². The molecule has 0 saturated carbocycles. The Balaban J connectivity index is 2.40. The number of benzene rings is 1. The maximum Gasteiger partial charge on any atom is 0.223 e. The van der Waals surface area contributed by atoms with Crippen molar-refractivity contribution in [3.63, 3.8) is 0 Å². The van der Waals surface area contributed by atoms with Gasteiger partial charge in [0.25, 0.3) is 0 Å². The molecule has 4 heteroatoms. The SMILES string of the molecule is COc1ccc(CC(C)C(=O)NCC(C)CCO)cc1. The second-order valence-electron chi connectivity index (χ2n) is 5.32. The van der Waals surface area contributed by atoms with Gasteiger partial charge in [-0.15, -0.1) is 0 Å². The monoisotopic (exact) mass is 279 g/mol. The number of aliphatic hydroxyl groups excluding tert-OH is 1. The second kappa shape index (κ2) is 8.59. The highest BCUT2D eigenvalue weighted by molar-refractivity contribution is 5.78. The number of methoxy groups -OCH3 is 1. The molecule has 112 valence electrons. The third-order valence-corrected chi connectivity index (χ3v) is 3.40. The lowest BCUT2D eigenvalue weighted by Gasteiger charge is -2.15. The molecule has 1 aromatic rings. The van der Waals surface area contributed by atoms with E-state index >= 15 is 0 Å².